The summed E-state index contributed by atoms with van der Waals surface area (Å²) in [7, 11) is 0. The minimum Gasteiger partial charge on any atom is -0.353 e. The van der Waals surface area contributed by atoms with Crippen LogP contribution in [0.3, 0.4) is 0 Å². The number of hydrogen-bond donors (Lipinski definition) is 2. The van der Waals surface area contributed by atoms with Gasteiger partial charge in [0.05, 0.1) is 21.9 Å². The van der Waals surface area contributed by atoms with Gasteiger partial charge in [-0.05, 0) is 48.7 Å². The lowest BCUT2D eigenvalue weighted by molar-refractivity contribution is 0.628. The fourth-order valence-corrected chi connectivity index (χ4v) is 3.64. The van der Waals surface area contributed by atoms with E-state index in [4.69, 9.17) is 11.6 Å². The van der Waals surface area contributed by atoms with Crippen molar-refractivity contribution < 1.29 is 4.39 Å². The van der Waals surface area contributed by atoms with Gasteiger partial charge in [0.15, 0.2) is 0 Å². The molecule has 3 heterocycles. The Hall–Kier alpha value is -3.25. The third-order valence-corrected chi connectivity index (χ3v) is 5.39. The van der Waals surface area contributed by atoms with Gasteiger partial charge in [0.25, 0.3) is 5.56 Å². The molecular formula is C22H16ClFN4O. The van der Waals surface area contributed by atoms with E-state index >= 15 is 0 Å². The van der Waals surface area contributed by atoms with Gasteiger partial charge in [0.2, 0.25) is 0 Å². The largest absolute Gasteiger partial charge is 0.353 e. The lowest BCUT2D eigenvalue weighted by atomic mass is 10.0. The van der Waals surface area contributed by atoms with E-state index in [2.05, 4.69) is 20.3 Å². The number of halogens is 2. The molecule has 0 saturated heterocycles. The number of pyridine rings is 3. The summed E-state index contributed by atoms with van der Waals surface area (Å²) in [6, 6.07) is 9.81. The highest BCUT2D eigenvalue weighted by molar-refractivity contribution is 6.31. The van der Waals surface area contributed by atoms with E-state index < -0.39 is 5.82 Å². The van der Waals surface area contributed by atoms with Crippen molar-refractivity contribution in [1.82, 2.24) is 15.0 Å². The number of fused-ring (bicyclic) bond motifs is 1. The van der Waals surface area contributed by atoms with Crippen LogP contribution in [0.25, 0.3) is 22.0 Å². The number of H-pyrrole nitrogens is 1. The molecule has 3 aromatic heterocycles. The summed E-state index contributed by atoms with van der Waals surface area (Å²) in [4.78, 5) is 24.3. The van der Waals surface area contributed by atoms with Gasteiger partial charge in [-0.15, -0.1) is 0 Å². The molecule has 4 aromatic rings. The molecule has 144 valence electrons. The van der Waals surface area contributed by atoms with E-state index in [9.17, 15) is 9.18 Å². The van der Waals surface area contributed by atoms with Crippen LogP contribution in [0, 0.1) is 5.82 Å². The normalized spacial score (nSPS) is 13.6. The van der Waals surface area contributed by atoms with E-state index in [0.717, 1.165) is 40.8 Å². The molecule has 0 atom stereocenters. The molecule has 1 aromatic carbocycles. The molecule has 0 bridgehead atoms. The quantitative estimate of drug-likeness (QED) is 0.476. The van der Waals surface area contributed by atoms with Gasteiger partial charge in [-0.1, -0.05) is 17.7 Å². The number of nitrogens with one attached hydrogen (secondary N) is 2. The predicted molar refractivity (Wildman–Crippen MR) is 112 cm³/mol. The lowest BCUT2D eigenvalue weighted by Crippen LogP contribution is -2.13. The molecule has 0 radical (unpaired) electrons. The van der Waals surface area contributed by atoms with Gasteiger partial charge in [0, 0.05) is 41.2 Å². The Kier molecular flexibility index (Phi) is 4.28. The summed E-state index contributed by atoms with van der Waals surface area (Å²) < 4.78 is 13.6. The van der Waals surface area contributed by atoms with E-state index in [-0.39, 0.29) is 10.6 Å². The van der Waals surface area contributed by atoms with Crippen LogP contribution in [-0.4, -0.2) is 15.0 Å². The second-order valence-electron chi connectivity index (χ2n) is 7.12. The van der Waals surface area contributed by atoms with Crippen molar-refractivity contribution in [1.29, 1.82) is 0 Å². The van der Waals surface area contributed by atoms with E-state index in [1.807, 2.05) is 12.1 Å². The van der Waals surface area contributed by atoms with Crippen molar-refractivity contribution in [3.63, 3.8) is 0 Å². The minimum atomic E-state index is -0.518. The summed E-state index contributed by atoms with van der Waals surface area (Å²) in [5.74, 6) is -0.196. The van der Waals surface area contributed by atoms with Crippen LogP contribution >= 0.6 is 11.6 Å². The predicted octanol–water partition coefficient (Wildman–Crippen LogP) is 5.40. The molecule has 0 amide bonds. The van der Waals surface area contributed by atoms with E-state index in [1.165, 1.54) is 12.1 Å². The maximum Gasteiger partial charge on any atom is 0.256 e. The molecule has 5 rings (SSSR count). The van der Waals surface area contributed by atoms with Crippen LogP contribution in [0.5, 0.6) is 0 Å². The molecule has 1 aliphatic carbocycles. The Morgan fingerprint density at radius 1 is 1.10 bits per heavy atom. The van der Waals surface area contributed by atoms with Gasteiger partial charge in [-0.3, -0.25) is 14.8 Å². The van der Waals surface area contributed by atoms with Crippen LogP contribution in [0.1, 0.15) is 24.5 Å². The van der Waals surface area contributed by atoms with Crippen molar-refractivity contribution in [2.75, 3.05) is 5.32 Å². The standard InChI is InChI=1S/C22H16ClFN4O/c23-16-9-13(3-4-17(16)24)14-10-20(21(12-1-2-12)28-22(14)29)27-19-6-8-26-18-5-7-25-11-15(18)19/h3-12H,1-2H2,(H,26,27)(H,28,29). The first-order valence-electron chi connectivity index (χ1n) is 9.28. The first-order chi connectivity index (χ1) is 14.1. The third kappa shape index (κ3) is 3.36. The Morgan fingerprint density at radius 2 is 1.97 bits per heavy atom. The van der Waals surface area contributed by atoms with Crippen molar-refractivity contribution >= 4 is 33.9 Å². The fraction of sp³-hybridized carbons (Fsp3) is 0.136. The highest BCUT2D eigenvalue weighted by atomic mass is 35.5. The van der Waals surface area contributed by atoms with Gasteiger partial charge in [-0.25, -0.2) is 4.39 Å². The van der Waals surface area contributed by atoms with E-state index in [0.29, 0.717) is 17.0 Å². The summed E-state index contributed by atoms with van der Waals surface area (Å²) in [5, 5.41) is 4.31. The summed E-state index contributed by atoms with van der Waals surface area (Å²) >= 11 is 5.93. The monoisotopic (exact) mass is 406 g/mol. The van der Waals surface area contributed by atoms with Gasteiger partial charge < -0.3 is 10.3 Å². The number of nitrogens with zero attached hydrogens (tertiary/aromatic N) is 2. The highest BCUT2D eigenvalue weighted by Crippen LogP contribution is 2.43. The van der Waals surface area contributed by atoms with Gasteiger partial charge in [-0.2, -0.15) is 0 Å². The van der Waals surface area contributed by atoms with Crippen LogP contribution < -0.4 is 10.9 Å². The van der Waals surface area contributed by atoms with Crippen LogP contribution in [-0.2, 0) is 0 Å². The van der Waals surface area contributed by atoms with Crippen LogP contribution in [0.4, 0.5) is 15.8 Å². The number of aromatic nitrogens is 3. The zero-order valence-corrected chi connectivity index (χ0v) is 16.0. The highest BCUT2D eigenvalue weighted by Gasteiger charge is 2.28. The molecular weight excluding hydrogens is 391 g/mol. The number of hydrogen-bond acceptors (Lipinski definition) is 4. The molecule has 1 fully saturated rings. The van der Waals surface area contributed by atoms with Gasteiger partial charge >= 0.3 is 0 Å². The lowest BCUT2D eigenvalue weighted by Gasteiger charge is -2.15. The maximum absolute atomic E-state index is 13.6. The smallest absolute Gasteiger partial charge is 0.256 e. The topological polar surface area (TPSA) is 70.7 Å². The summed E-state index contributed by atoms with van der Waals surface area (Å²) in [6.45, 7) is 0. The number of aromatic amines is 1. The average molecular weight is 407 g/mol. The first kappa shape index (κ1) is 17.8. The van der Waals surface area contributed by atoms with Crippen molar-refractivity contribution in [3.05, 3.63) is 81.9 Å². The Bertz CT molecular complexity index is 1290. The average Bonchev–Trinajstić information content (AvgIpc) is 3.57. The Balaban J connectivity index is 1.64. The zero-order valence-electron chi connectivity index (χ0n) is 15.2. The van der Waals surface area contributed by atoms with Crippen molar-refractivity contribution in [2.24, 2.45) is 0 Å². The van der Waals surface area contributed by atoms with E-state index in [1.54, 1.807) is 30.7 Å². The molecule has 0 aliphatic heterocycles. The zero-order chi connectivity index (χ0) is 20.0. The second-order valence-corrected chi connectivity index (χ2v) is 7.53. The number of benzene rings is 1. The molecule has 0 unspecified atom stereocenters. The summed E-state index contributed by atoms with van der Waals surface area (Å²) in [6.07, 6.45) is 7.25. The number of anilines is 2. The van der Waals surface area contributed by atoms with Crippen LogP contribution in [0.2, 0.25) is 5.02 Å². The molecule has 29 heavy (non-hydrogen) atoms. The molecule has 5 nitrogen and oxygen atoms in total. The number of rotatable bonds is 4. The maximum atomic E-state index is 13.6. The molecule has 0 spiro atoms. The molecule has 7 heteroatoms. The summed E-state index contributed by atoms with van der Waals surface area (Å²) in [5.41, 5.74) is 4.12. The van der Waals surface area contributed by atoms with Gasteiger partial charge in [0.1, 0.15) is 5.82 Å². The second kappa shape index (κ2) is 6.97. The van der Waals surface area contributed by atoms with Crippen molar-refractivity contribution in [2.45, 2.75) is 18.8 Å². The SMILES string of the molecule is O=c1[nH]c(C2CC2)c(Nc2ccnc3ccncc23)cc1-c1ccc(F)c(Cl)c1. The molecule has 1 aliphatic rings. The van der Waals surface area contributed by atoms with Crippen LogP contribution in [0.15, 0.2) is 59.8 Å². The first-order valence-corrected chi connectivity index (χ1v) is 9.66. The Morgan fingerprint density at radius 3 is 2.76 bits per heavy atom. The Labute approximate surface area is 170 Å². The third-order valence-electron chi connectivity index (χ3n) is 5.10. The molecule has 2 N–H and O–H groups in total. The fourth-order valence-electron chi connectivity index (χ4n) is 3.46. The minimum absolute atomic E-state index is 0.0196. The van der Waals surface area contributed by atoms with Crippen molar-refractivity contribution in [3.8, 4) is 11.1 Å². The molecule has 1 saturated carbocycles.